The fourth-order valence-electron chi connectivity index (χ4n) is 2.98. The summed E-state index contributed by atoms with van der Waals surface area (Å²) in [5.74, 6) is 5.62. The molecule has 0 aromatic heterocycles. The highest BCUT2D eigenvalue weighted by Gasteiger charge is 2.35. The van der Waals surface area contributed by atoms with Gasteiger partial charge in [0.25, 0.3) is 0 Å². The number of nitrogens with zero attached hydrogens (tertiary/aromatic N) is 1. The normalized spacial score (nSPS) is 18.7. The Morgan fingerprint density at radius 1 is 1.38 bits per heavy atom. The van der Waals surface area contributed by atoms with Crippen molar-refractivity contribution in [2.45, 2.75) is 38.8 Å². The lowest BCUT2D eigenvalue weighted by Gasteiger charge is -2.45. The first-order valence-corrected chi connectivity index (χ1v) is 7.49. The fourth-order valence-corrected chi connectivity index (χ4v) is 2.98. The lowest BCUT2D eigenvalue weighted by atomic mass is 9.86. The molecule has 1 unspecified atom stereocenters. The number of nitrogens with two attached hydrogens (primary N) is 1. The molecule has 0 aliphatic carbocycles. The number of nitrogens with one attached hydrogen (secondary N) is 1. The van der Waals surface area contributed by atoms with Gasteiger partial charge in [-0.15, -0.1) is 0 Å². The van der Waals surface area contributed by atoms with Gasteiger partial charge in [-0.05, 0) is 50.5 Å². The molecule has 21 heavy (non-hydrogen) atoms. The second kappa shape index (κ2) is 6.83. The zero-order valence-corrected chi connectivity index (χ0v) is 13.2. The van der Waals surface area contributed by atoms with E-state index in [1.807, 2.05) is 13.0 Å². The van der Waals surface area contributed by atoms with Crippen molar-refractivity contribution in [2.75, 3.05) is 26.3 Å². The van der Waals surface area contributed by atoms with E-state index in [9.17, 15) is 4.39 Å². The number of ether oxygens (including phenoxy) is 1. The first-order valence-electron chi connectivity index (χ1n) is 7.49. The van der Waals surface area contributed by atoms with E-state index in [0.717, 1.165) is 43.9 Å². The van der Waals surface area contributed by atoms with Gasteiger partial charge in [-0.1, -0.05) is 6.07 Å². The minimum atomic E-state index is -0.194. The van der Waals surface area contributed by atoms with Gasteiger partial charge in [0.2, 0.25) is 0 Å². The van der Waals surface area contributed by atoms with Crippen LogP contribution >= 0.6 is 0 Å². The van der Waals surface area contributed by atoms with Crippen LogP contribution in [0.2, 0.25) is 0 Å². The molecule has 1 aliphatic heterocycles. The van der Waals surface area contributed by atoms with E-state index in [1.54, 1.807) is 6.07 Å². The van der Waals surface area contributed by atoms with Crippen LogP contribution in [0.5, 0.6) is 0 Å². The summed E-state index contributed by atoms with van der Waals surface area (Å²) in [6, 6.07) is 5.02. The first kappa shape index (κ1) is 16.4. The van der Waals surface area contributed by atoms with Crippen molar-refractivity contribution in [3.8, 4) is 0 Å². The Morgan fingerprint density at radius 3 is 2.62 bits per heavy atom. The molecule has 1 heterocycles. The van der Waals surface area contributed by atoms with Gasteiger partial charge >= 0.3 is 0 Å². The summed E-state index contributed by atoms with van der Waals surface area (Å²) < 4.78 is 18.7. The van der Waals surface area contributed by atoms with Gasteiger partial charge in [0.15, 0.2) is 0 Å². The molecular formula is C16H26FN3O. The predicted octanol–water partition coefficient (Wildman–Crippen LogP) is 1.62. The molecule has 5 heteroatoms. The number of hydrazine groups is 1. The molecule has 0 bridgehead atoms. The predicted molar refractivity (Wildman–Crippen MR) is 82.4 cm³/mol. The Balaban J connectivity index is 2.14. The van der Waals surface area contributed by atoms with E-state index in [0.29, 0.717) is 0 Å². The van der Waals surface area contributed by atoms with Crippen molar-refractivity contribution >= 4 is 0 Å². The Hall–Kier alpha value is -1.01. The summed E-state index contributed by atoms with van der Waals surface area (Å²) in [5.41, 5.74) is 4.95. The standard InChI is InChI=1S/C16H26FN3O/c1-12-10-14(17)5-4-13(12)11-15(19-18)16(2,3)20-6-8-21-9-7-20/h4-5,10,15,19H,6-9,11,18H2,1-3H3. The zero-order chi connectivity index (χ0) is 15.5. The van der Waals surface area contributed by atoms with Crippen LogP contribution in [0.15, 0.2) is 18.2 Å². The summed E-state index contributed by atoms with van der Waals surface area (Å²) in [6.07, 6.45) is 0.771. The maximum atomic E-state index is 13.2. The Labute approximate surface area is 126 Å². The first-order chi connectivity index (χ1) is 9.95. The van der Waals surface area contributed by atoms with Gasteiger partial charge in [-0.25, -0.2) is 4.39 Å². The van der Waals surface area contributed by atoms with Gasteiger partial charge in [0.05, 0.1) is 13.2 Å². The summed E-state index contributed by atoms with van der Waals surface area (Å²) in [6.45, 7) is 9.67. The van der Waals surface area contributed by atoms with Crippen LogP contribution in [0.1, 0.15) is 25.0 Å². The Kier molecular flexibility index (Phi) is 5.32. The number of hydrogen-bond acceptors (Lipinski definition) is 4. The number of rotatable bonds is 5. The van der Waals surface area contributed by atoms with Crippen LogP contribution in [-0.4, -0.2) is 42.8 Å². The van der Waals surface area contributed by atoms with Crippen molar-refractivity contribution < 1.29 is 9.13 Å². The summed E-state index contributed by atoms with van der Waals surface area (Å²) in [4.78, 5) is 2.40. The number of morpholine rings is 1. The summed E-state index contributed by atoms with van der Waals surface area (Å²) in [7, 11) is 0. The molecule has 2 rings (SSSR count). The molecule has 1 saturated heterocycles. The lowest BCUT2D eigenvalue weighted by Crippen LogP contribution is -2.62. The van der Waals surface area contributed by atoms with Crippen molar-refractivity contribution in [3.63, 3.8) is 0 Å². The largest absolute Gasteiger partial charge is 0.379 e. The molecule has 1 atom stereocenters. The van der Waals surface area contributed by atoms with Gasteiger partial charge < -0.3 is 4.74 Å². The third-order valence-corrected chi connectivity index (χ3v) is 4.61. The molecule has 118 valence electrons. The van der Waals surface area contributed by atoms with Crippen molar-refractivity contribution in [1.29, 1.82) is 0 Å². The van der Waals surface area contributed by atoms with E-state index in [2.05, 4.69) is 24.2 Å². The van der Waals surface area contributed by atoms with E-state index < -0.39 is 0 Å². The van der Waals surface area contributed by atoms with Gasteiger partial charge in [0, 0.05) is 24.7 Å². The van der Waals surface area contributed by atoms with Crippen LogP contribution < -0.4 is 11.3 Å². The highest BCUT2D eigenvalue weighted by molar-refractivity contribution is 5.28. The molecule has 1 fully saturated rings. The maximum absolute atomic E-state index is 13.2. The topological polar surface area (TPSA) is 50.5 Å². The fraction of sp³-hybridized carbons (Fsp3) is 0.625. The van der Waals surface area contributed by atoms with Gasteiger partial charge in [0.1, 0.15) is 5.82 Å². The quantitative estimate of drug-likeness (QED) is 0.640. The zero-order valence-electron chi connectivity index (χ0n) is 13.2. The maximum Gasteiger partial charge on any atom is 0.123 e. The second-order valence-electron chi connectivity index (χ2n) is 6.25. The van der Waals surface area contributed by atoms with Gasteiger partial charge in [-0.2, -0.15) is 0 Å². The third-order valence-electron chi connectivity index (χ3n) is 4.61. The minimum absolute atomic E-state index is 0.0831. The highest BCUT2D eigenvalue weighted by Crippen LogP contribution is 2.24. The number of halogens is 1. The molecule has 0 amide bonds. The monoisotopic (exact) mass is 295 g/mol. The Bertz CT molecular complexity index is 473. The molecule has 1 aromatic carbocycles. The van der Waals surface area contributed by atoms with Gasteiger partial charge in [-0.3, -0.25) is 16.2 Å². The van der Waals surface area contributed by atoms with Crippen molar-refractivity contribution in [1.82, 2.24) is 10.3 Å². The Morgan fingerprint density at radius 2 is 2.05 bits per heavy atom. The van der Waals surface area contributed by atoms with Crippen LogP contribution in [0.3, 0.4) is 0 Å². The molecule has 1 aromatic rings. The number of aryl methyl sites for hydroxylation is 1. The van der Waals surface area contributed by atoms with E-state index in [1.165, 1.54) is 6.07 Å². The molecular weight excluding hydrogens is 269 g/mol. The molecule has 1 aliphatic rings. The second-order valence-corrected chi connectivity index (χ2v) is 6.25. The van der Waals surface area contributed by atoms with E-state index >= 15 is 0 Å². The minimum Gasteiger partial charge on any atom is -0.379 e. The average molecular weight is 295 g/mol. The summed E-state index contributed by atoms with van der Waals surface area (Å²) in [5, 5.41) is 0. The third kappa shape index (κ3) is 3.80. The summed E-state index contributed by atoms with van der Waals surface area (Å²) >= 11 is 0. The molecule has 0 spiro atoms. The molecule has 0 saturated carbocycles. The molecule has 4 nitrogen and oxygen atoms in total. The van der Waals surface area contributed by atoms with Crippen LogP contribution in [0.25, 0.3) is 0 Å². The highest BCUT2D eigenvalue weighted by atomic mass is 19.1. The SMILES string of the molecule is Cc1cc(F)ccc1CC(NN)C(C)(C)N1CCOCC1. The molecule has 0 radical (unpaired) electrons. The average Bonchev–Trinajstić information content (AvgIpc) is 2.47. The molecule has 3 N–H and O–H groups in total. The van der Waals surface area contributed by atoms with Crippen LogP contribution in [0.4, 0.5) is 4.39 Å². The van der Waals surface area contributed by atoms with Crippen molar-refractivity contribution in [2.24, 2.45) is 5.84 Å². The number of benzene rings is 1. The van der Waals surface area contributed by atoms with Crippen LogP contribution in [-0.2, 0) is 11.2 Å². The van der Waals surface area contributed by atoms with E-state index in [-0.39, 0.29) is 17.4 Å². The van der Waals surface area contributed by atoms with Crippen LogP contribution in [0, 0.1) is 12.7 Å². The van der Waals surface area contributed by atoms with Crippen molar-refractivity contribution in [3.05, 3.63) is 35.1 Å². The number of hydrogen-bond donors (Lipinski definition) is 2. The van der Waals surface area contributed by atoms with E-state index in [4.69, 9.17) is 10.6 Å². The lowest BCUT2D eigenvalue weighted by molar-refractivity contribution is -0.0233. The smallest absolute Gasteiger partial charge is 0.123 e.